The summed E-state index contributed by atoms with van der Waals surface area (Å²) in [5, 5.41) is 16.7. The van der Waals surface area contributed by atoms with Crippen molar-refractivity contribution in [2.45, 2.75) is 6.10 Å². The zero-order chi connectivity index (χ0) is 11.2. The summed E-state index contributed by atoms with van der Waals surface area (Å²) in [7, 11) is 0. The molecule has 1 atom stereocenters. The third kappa shape index (κ3) is 3.44. The van der Waals surface area contributed by atoms with Gasteiger partial charge in [0.2, 0.25) is 5.88 Å². The fourth-order valence-electron chi connectivity index (χ4n) is 1.06. The fourth-order valence-corrected chi connectivity index (χ4v) is 2.04. The number of hydrogen-bond acceptors (Lipinski definition) is 7. The van der Waals surface area contributed by atoms with E-state index >= 15 is 0 Å². The van der Waals surface area contributed by atoms with Gasteiger partial charge >= 0.3 is 0 Å². The SMILES string of the molecule is OC(CNc1ccsc1)COc1cnsn1. The Labute approximate surface area is 101 Å². The second kappa shape index (κ2) is 5.78. The van der Waals surface area contributed by atoms with Crippen LogP contribution in [0.5, 0.6) is 5.88 Å². The van der Waals surface area contributed by atoms with Crippen LogP contribution in [0.25, 0.3) is 0 Å². The zero-order valence-corrected chi connectivity index (χ0v) is 10.0. The molecule has 2 aromatic heterocycles. The maximum Gasteiger partial charge on any atom is 0.245 e. The maximum absolute atomic E-state index is 9.62. The zero-order valence-electron chi connectivity index (χ0n) is 8.37. The molecule has 0 aliphatic carbocycles. The molecule has 2 rings (SSSR count). The smallest absolute Gasteiger partial charge is 0.245 e. The van der Waals surface area contributed by atoms with E-state index in [4.69, 9.17) is 4.74 Å². The van der Waals surface area contributed by atoms with Gasteiger partial charge in [0.05, 0.1) is 11.7 Å². The van der Waals surface area contributed by atoms with E-state index < -0.39 is 6.10 Å². The van der Waals surface area contributed by atoms with Crippen LogP contribution in [0.2, 0.25) is 0 Å². The molecule has 0 aliphatic rings. The molecule has 2 heterocycles. The van der Waals surface area contributed by atoms with Crippen molar-refractivity contribution in [3.05, 3.63) is 23.0 Å². The highest BCUT2D eigenvalue weighted by Gasteiger charge is 2.06. The first kappa shape index (κ1) is 11.3. The Balaban J connectivity index is 1.66. The van der Waals surface area contributed by atoms with Gasteiger partial charge in [0.25, 0.3) is 0 Å². The number of aliphatic hydroxyl groups is 1. The summed E-state index contributed by atoms with van der Waals surface area (Å²) in [6.07, 6.45) is 0.963. The Morgan fingerprint density at radius 1 is 1.56 bits per heavy atom. The van der Waals surface area contributed by atoms with E-state index in [0.29, 0.717) is 12.4 Å². The Bertz CT molecular complexity index is 353. The van der Waals surface area contributed by atoms with E-state index in [-0.39, 0.29) is 6.61 Å². The normalized spacial score (nSPS) is 12.3. The Morgan fingerprint density at radius 3 is 3.19 bits per heavy atom. The largest absolute Gasteiger partial charge is 0.473 e. The molecule has 86 valence electrons. The van der Waals surface area contributed by atoms with Gasteiger partial charge in [-0.3, -0.25) is 0 Å². The molecule has 0 fully saturated rings. The van der Waals surface area contributed by atoms with Gasteiger partial charge < -0.3 is 15.2 Å². The Hall–Kier alpha value is -1.18. The van der Waals surface area contributed by atoms with Crippen molar-refractivity contribution in [2.24, 2.45) is 0 Å². The van der Waals surface area contributed by atoms with Crippen LogP contribution in [0.1, 0.15) is 0 Å². The van der Waals surface area contributed by atoms with Gasteiger partial charge in [-0.05, 0) is 11.4 Å². The van der Waals surface area contributed by atoms with Crippen LogP contribution in [0.4, 0.5) is 5.69 Å². The third-order valence-electron chi connectivity index (χ3n) is 1.83. The van der Waals surface area contributed by atoms with E-state index in [1.807, 2.05) is 16.8 Å². The molecule has 0 radical (unpaired) electrons. The number of thiophene rings is 1. The average Bonchev–Trinajstić information content (AvgIpc) is 2.96. The monoisotopic (exact) mass is 257 g/mol. The van der Waals surface area contributed by atoms with Crippen LogP contribution in [0.3, 0.4) is 0 Å². The van der Waals surface area contributed by atoms with Gasteiger partial charge in [0, 0.05) is 17.6 Å². The molecule has 0 saturated heterocycles. The van der Waals surface area contributed by atoms with Crippen LogP contribution >= 0.6 is 23.1 Å². The average molecular weight is 257 g/mol. The minimum Gasteiger partial charge on any atom is -0.473 e. The molecule has 2 N–H and O–H groups in total. The molecule has 0 aromatic carbocycles. The number of ether oxygens (including phenoxy) is 1. The number of nitrogens with zero attached hydrogens (tertiary/aromatic N) is 2. The van der Waals surface area contributed by atoms with Gasteiger partial charge in [-0.25, -0.2) is 0 Å². The number of anilines is 1. The van der Waals surface area contributed by atoms with Crippen LogP contribution in [-0.2, 0) is 0 Å². The summed E-state index contributed by atoms with van der Waals surface area (Å²) in [6, 6.07) is 1.96. The lowest BCUT2D eigenvalue weighted by atomic mass is 10.3. The summed E-state index contributed by atoms with van der Waals surface area (Å²) in [5.74, 6) is 0.458. The highest BCUT2D eigenvalue weighted by Crippen LogP contribution is 2.11. The Kier molecular flexibility index (Phi) is 4.09. The number of aromatic nitrogens is 2. The second-order valence-corrected chi connectivity index (χ2v) is 4.44. The lowest BCUT2D eigenvalue weighted by Gasteiger charge is -2.11. The number of aliphatic hydroxyl groups excluding tert-OH is 1. The molecule has 2 aromatic rings. The molecular formula is C9H11N3O2S2. The molecule has 5 nitrogen and oxygen atoms in total. The quantitative estimate of drug-likeness (QED) is 0.820. The van der Waals surface area contributed by atoms with Crippen LogP contribution < -0.4 is 10.1 Å². The summed E-state index contributed by atoms with van der Waals surface area (Å²) >= 11 is 2.69. The van der Waals surface area contributed by atoms with Crippen molar-refractivity contribution < 1.29 is 9.84 Å². The maximum atomic E-state index is 9.62. The molecule has 0 saturated carbocycles. The van der Waals surface area contributed by atoms with Crippen molar-refractivity contribution in [3.8, 4) is 5.88 Å². The topological polar surface area (TPSA) is 67.3 Å². The van der Waals surface area contributed by atoms with Gasteiger partial charge in [-0.2, -0.15) is 15.7 Å². The molecule has 1 unspecified atom stereocenters. The summed E-state index contributed by atoms with van der Waals surface area (Å²) in [5.41, 5.74) is 1.01. The minimum atomic E-state index is -0.568. The Morgan fingerprint density at radius 2 is 2.50 bits per heavy atom. The van der Waals surface area contributed by atoms with Gasteiger partial charge in [-0.15, -0.1) is 4.37 Å². The van der Waals surface area contributed by atoms with Crippen molar-refractivity contribution in [2.75, 3.05) is 18.5 Å². The van der Waals surface area contributed by atoms with Crippen molar-refractivity contribution in [3.63, 3.8) is 0 Å². The molecule has 0 bridgehead atoms. The van der Waals surface area contributed by atoms with E-state index in [2.05, 4.69) is 14.1 Å². The van der Waals surface area contributed by atoms with Crippen LogP contribution in [0.15, 0.2) is 23.0 Å². The second-order valence-electron chi connectivity index (χ2n) is 3.10. The fraction of sp³-hybridized carbons (Fsp3) is 0.333. The highest BCUT2D eigenvalue weighted by atomic mass is 32.1. The molecule has 16 heavy (non-hydrogen) atoms. The molecule has 7 heteroatoms. The third-order valence-corrected chi connectivity index (χ3v) is 2.97. The summed E-state index contributed by atoms with van der Waals surface area (Å²) in [4.78, 5) is 0. The van der Waals surface area contributed by atoms with Crippen molar-refractivity contribution in [1.29, 1.82) is 0 Å². The van der Waals surface area contributed by atoms with Gasteiger partial charge in [-0.1, -0.05) is 0 Å². The standard InChI is InChI=1S/C9H11N3O2S2/c13-8(3-10-7-1-2-15-6-7)5-14-9-4-11-16-12-9/h1-2,4,6,8,10,13H,3,5H2. The predicted molar refractivity (Wildman–Crippen MR) is 64.2 cm³/mol. The van der Waals surface area contributed by atoms with E-state index in [1.165, 1.54) is 6.20 Å². The first-order chi connectivity index (χ1) is 7.84. The molecular weight excluding hydrogens is 246 g/mol. The predicted octanol–water partition coefficient (Wildman–Crippen LogP) is 1.45. The van der Waals surface area contributed by atoms with E-state index in [1.54, 1.807) is 11.3 Å². The number of nitrogens with one attached hydrogen (secondary N) is 1. The summed E-state index contributed by atoms with van der Waals surface area (Å²) < 4.78 is 12.9. The number of hydrogen-bond donors (Lipinski definition) is 2. The summed E-state index contributed by atoms with van der Waals surface area (Å²) in [6.45, 7) is 0.664. The van der Waals surface area contributed by atoms with E-state index in [9.17, 15) is 5.11 Å². The molecule has 0 spiro atoms. The lowest BCUT2D eigenvalue weighted by molar-refractivity contribution is 0.115. The van der Waals surface area contributed by atoms with Gasteiger partial charge in [0.1, 0.15) is 18.9 Å². The van der Waals surface area contributed by atoms with Gasteiger partial charge in [0.15, 0.2) is 0 Å². The van der Waals surface area contributed by atoms with Crippen LogP contribution in [-0.4, -0.2) is 33.1 Å². The minimum absolute atomic E-state index is 0.211. The first-order valence-corrected chi connectivity index (χ1v) is 6.36. The lowest BCUT2D eigenvalue weighted by Crippen LogP contribution is -2.26. The first-order valence-electron chi connectivity index (χ1n) is 4.69. The molecule has 0 amide bonds. The van der Waals surface area contributed by atoms with E-state index in [0.717, 1.165) is 17.4 Å². The van der Waals surface area contributed by atoms with Crippen LogP contribution in [0, 0.1) is 0 Å². The van der Waals surface area contributed by atoms with Crippen molar-refractivity contribution in [1.82, 2.24) is 8.75 Å². The highest BCUT2D eigenvalue weighted by molar-refractivity contribution is 7.08. The number of rotatable bonds is 6. The van der Waals surface area contributed by atoms with Crippen molar-refractivity contribution >= 4 is 28.8 Å². The molecule has 0 aliphatic heterocycles.